The van der Waals surface area contributed by atoms with Crippen LogP contribution in [-0.2, 0) is 0 Å². The Labute approximate surface area is 98.9 Å². The van der Waals surface area contributed by atoms with Crippen molar-refractivity contribution in [3.05, 3.63) is 12.4 Å². The van der Waals surface area contributed by atoms with Gasteiger partial charge in [-0.3, -0.25) is 0 Å². The van der Waals surface area contributed by atoms with E-state index in [4.69, 9.17) is 0 Å². The zero-order valence-corrected chi connectivity index (χ0v) is 10.2. The minimum absolute atomic E-state index is 0.291. The van der Waals surface area contributed by atoms with Gasteiger partial charge in [0.05, 0.1) is 0 Å². The van der Waals surface area contributed by atoms with Gasteiger partial charge in [-0.05, 0) is 12.3 Å². The molecule has 92 valence electrons. The first-order valence-corrected chi connectivity index (χ1v) is 5.74. The molecular formula is C11H16FN5. The van der Waals surface area contributed by atoms with Crippen LogP contribution in [0.5, 0.6) is 0 Å². The van der Waals surface area contributed by atoms with E-state index in [1.807, 2.05) is 0 Å². The summed E-state index contributed by atoms with van der Waals surface area (Å²) in [6.45, 7) is 6.36. The maximum absolute atomic E-state index is 13.0. The van der Waals surface area contributed by atoms with E-state index < -0.39 is 6.08 Å². The van der Waals surface area contributed by atoms with Gasteiger partial charge in [0.15, 0.2) is 11.5 Å². The molecule has 6 heteroatoms. The zero-order chi connectivity index (χ0) is 12.4. The molecule has 2 aromatic heterocycles. The number of aromatic nitrogens is 4. The summed E-state index contributed by atoms with van der Waals surface area (Å²) in [5, 5.41) is 3.30. The number of hydrogen-bond donors (Lipinski definition) is 2. The lowest BCUT2D eigenvalue weighted by atomic mass is 10.0. The average molecular weight is 237 g/mol. The minimum Gasteiger partial charge on any atom is -0.365 e. The predicted octanol–water partition coefficient (Wildman–Crippen LogP) is 2.34. The van der Waals surface area contributed by atoms with Gasteiger partial charge in [-0.15, -0.1) is 0 Å². The van der Waals surface area contributed by atoms with Crippen molar-refractivity contribution >= 4 is 17.0 Å². The Hall–Kier alpha value is -1.72. The van der Waals surface area contributed by atoms with Crippen molar-refractivity contribution < 1.29 is 4.39 Å². The van der Waals surface area contributed by atoms with E-state index in [1.165, 1.54) is 6.33 Å². The lowest BCUT2D eigenvalue weighted by Crippen LogP contribution is -2.25. The van der Waals surface area contributed by atoms with Crippen LogP contribution in [0.4, 0.5) is 10.2 Å². The van der Waals surface area contributed by atoms with Crippen molar-refractivity contribution in [3.63, 3.8) is 0 Å². The monoisotopic (exact) mass is 237 g/mol. The molecule has 0 amide bonds. The van der Waals surface area contributed by atoms with Crippen molar-refractivity contribution in [1.82, 2.24) is 19.9 Å². The van der Waals surface area contributed by atoms with E-state index in [2.05, 4.69) is 46.0 Å². The predicted molar refractivity (Wildman–Crippen MR) is 64.2 cm³/mol. The standard InChI is InChI=1S/C11H16FN5/c1-4-7(6(2)3)15-9-8-10(14-5-13-9)17-11(12)16-8/h5-7H,4H2,1-3H3,(H2,13,14,15,16,17)/t7-/m1/s1. The fraction of sp³-hybridized carbons (Fsp3) is 0.545. The third kappa shape index (κ3) is 2.35. The normalized spacial score (nSPS) is 13.2. The fourth-order valence-electron chi connectivity index (χ4n) is 1.83. The van der Waals surface area contributed by atoms with Gasteiger partial charge >= 0.3 is 0 Å². The Morgan fingerprint density at radius 3 is 2.82 bits per heavy atom. The number of nitrogens with zero attached hydrogens (tertiary/aromatic N) is 3. The third-order valence-electron chi connectivity index (χ3n) is 2.83. The lowest BCUT2D eigenvalue weighted by molar-refractivity contribution is 0.510. The van der Waals surface area contributed by atoms with Crippen LogP contribution in [0.25, 0.3) is 11.2 Å². The molecule has 0 saturated heterocycles. The number of halogens is 1. The van der Waals surface area contributed by atoms with Gasteiger partial charge < -0.3 is 10.3 Å². The van der Waals surface area contributed by atoms with Crippen LogP contribution in [0.2, 0.25) is 0 Å². The molecule has 0 radical (unpaired) electrons. The third-order valence-corrected chi connectivity index (χ3v) is 2.83. The number of hydrogen-bond acceptors (Lipinski definition) is 4. The molecule has 0 spiro atoms. The van der Waals surface area contributed by atoms with Gasteiger partial charge in [-0.1, -0.05) is 20.8 Å². The van der Waals surface area contributed by atoms with Crippen molar-refractivity contribution in [2.75, 3.05) is 5.32 Å². The number of anilines is 1. The first-order valence-electron chi connectivity index (χ1n) is 5.74. The van der Waals surface area contributed by atoms with Crippen LogP contribution in [0.3, 0.4) is 0 Å². The first kappa shape index (κ1) is 11.8. The molecule has 0 unspecified atom stereocenters. The summed E-state index contributed by atoms with van der Waals surface area (Å²) in [7, 11) is 0. The molecule has 2 N–H and O–H groups in total. The smallest absolute Gasteiger partial charge is 0.289 e. The van der Waals surface area contributed by atoms with Gasteiger partial charge in [0, 0.05) is 6.04 Å². The summed E-state index contributed by atoms with van der Waals surface area (Å²) in [5.41, 5.74) is 0.864. The molecule has 5 nitrogen and oxygen atoms in total. The molecule has 0 aliphatic rings. The van der Waals surface area contributed by atoms with E-state index in [9.17, 15) is 4.39 Å². The minimum atomic E-state index is -0.638. The van der Waals surface area contributed by atoms with Gasteiger partial charge in [0.2, 0.25) is 0 Å². The first-order chi connectivity index (χ1) is 8.11. The number of aromatic amines is 1. The lowest BCUT2D eigenvalue weighted by Gasteiger charge is -2.21. The molecule has 0 aliphatic heterocycles. The van der Waals surface area contributed by atoms with Crippen LogP contribution >= 0.6 is 0 Å². The van der Waals surface area contributed by atoms with Crippen LogP contribution in [0.1, 0.15) is 27.2 Å². The summed E-state index contributed by atoms with van der Waals surface area (Å²) in [6.07, 6.45) is 1.72. The number of nitrogens with one attached hydrogen (secondary N) is 2. The van der Waals surface area contributed by atoms with E-state index in [0.717, 1.165) is 6.42 Å². The zero-order valence-electron chi connectivity index (χ0n) is 10.2. The van der Waals surface area contributed by atoms with E-state index in [1.54, 1.807) is 0 Å². The topological polar surface area (TPSA) is 66.5 Å². The molecule has 0 aromatic carbocycles. The molecule has 1 atom stereocenters. The van der Waals surface area contributed by atoms with Crippen LogP contribution in [0, 0.1) is 12.0 Å². The van der Waals surface area contributed by atoms with E-state index >= 15 is 0 Å². The highest BCUT2D eigenvalue weighted by molar-refractivity contribution is 5.82. The average Bonchev–Trinajstić information content (AvgIpc) is 2.66. The number of fused-ring (bicyclic) bond motifs is 1. The second-order valence-corrected chi connectivity index (χ2v) is 4.35. The quantitative estimate of drug-likeness (QED) is 0.801. The molecule has 0 bridgehead atoms. The summed E-state index contributed by atoms with van der Waals surface area (Å²) < 4.78 is 13.0. The summed E-state index contributed by atoms with van der Waals surface area (Å²) in [4.78, 5) is 14.2. The maximum atomic E-state index is 13.0. The second kappa shape index (κ2) is 4.65. The number of imidazole rings is 1. The fourth-order valence-corrected chi connectivity index (χ4v) is 1.83. The summed E-state index contributed by atoms with van der Waals surface area (Å²) >= 11 is 0. The van der Waals surface area contributed by atoms with E-state index in [0.29, 0.717) is 28.9 Å². The van der Waals surface area contributed by atoms with Crippen LogP contribution in [-0.4, -0.2) is 26.0 Å². The largest absolute Gasteiger partial charge is 0.365 e. The number of rotatable bonds is 4. The summed E-state index contributed by atoms with van der Waals surface area (Å²) in [6, 6.07) is 0.291. The number of H-pyrrole nitrogens is 1. The molecule has 2 heterocycles. The Balaban J connectivity index is 2.34. The highest BCUT2D eigenvalue weighted by Gasteiger charge is 2.15. The molecule has 0 saturated carbocycles. The van der Waals surface area contributed by atoms with Crippen molar-refractivity contribution in [1.29, 1.82) is 0 Å². The highest BCUT2D eigenvalue weighted by atomic mass is 19.1. The van der Waals surface area contributed by atoms with Gasteiger partial charge in [0.1, 0.15) is 11.8 Å². The molecule has 0 aliphatic carbocycles. The van der Waals surface area contributed by atoms with Crippen molar-refractivity contribution in [2.24, 2.45) is 5.92 Å². The molecular weight excluding hydrogens is 221 g/mol. The second-order valence-electron chi connectivity index (χ2n) is 4.35. The van der Waals surface area contributed by atoms with Crippen LogP contribution < -0.4 is 5.32 Å². The molecule has 2 rings (SSSR count). The van der Waals surface area contributed by atoms with Crippen molar-refractivity contribution in [3.8, 4) is 0 Å². The van der Waals surface area contributed by atoms with Gasteiger partial charge in [-0.2, -0.15) is 9.37 Å². The van der Waals surface area contributed by atoms with E-state index in [-0.39, 0.29) is 0 Å². The Bertz CT molecular complexity index is 508. The van der Waals surface area contributed by atoms with Gasteiger partial charge in [0.25, 0.3) is 6.08 Å². The van der Waals surface area contributed by atoms with Crippen LogP contribution in [0.15, 0.2) is 6.33 Å². The Kier molecular flexibility index (Phi) is 3.21. The highest BCUT2D eigenvalue weighted by Crippen LogP contribution is 2.19. The SMILES string of the molecule is CC[C@@H](Nc1ncnc2nc(F)[nH]c12)C(C)C. The maximum Gasteiger partial charge on any atom is 0.289 e. The Morgan fingerprint density at radius 2 is 2.18 bits per heavy atom. The van der Waals surface area contributed by atoms with Gasteiger partial charge in [-0.25, -0.2) is 9.97 Å². The molecule has 0 fully saturated rings. The Morgan fingerprint density at radius 1 is 1.41 bits per heavy atom. The summed E-state index contributed by atoms with van der Waals surface area (Å²) in [5.74, 6) is 1.07. The molecule has 2 aromatic rings. The van der Waals surface area contributed by atoms with Crippen molar-refractivity contribution in [2.45, 2.75) is 33.2 Å². The molecule has 17 heavy (non-hydrogen) atoms.